The van der Waals surface area contributed by atoms with Gasteiger partial charge in [0.1, 0.15) is 0 Å². The van der Waals surface area contributed by atoms with Crippen molar-refractivity contribution in [2.45, 2.75) is 12.8 Å². The number of carbonyl (C=O) groups excluding carboxylic acids is 1. The molecule has 2 aromatic rings. The molecule has 1 fully saturated rings. The van der Waals surface area contributed by atoms with Crippen molar-refractivity contribution in [2.75, 3.05) is 18.0 Å². The number of nitrogens with zero attached hydrogens (tertiary/aromatic N) is 3. The van der Waals surface area contributed by atoms with Crippen LogP contribution in [0.15, 0.2) is 53.6 Å². The van der Waals surface area contributed by atoms with Crippen molar-refractivity contribution in [2.24, 2.45) is 5.10 Å². The third-order valence-electron chi connectivity index (χ3n) is 4.06. The SMILES string of the molecule is O=C(N/N=C\c1ccc(N2CCCC2)cc1)c1cccc([N+](=O)[O-])c1. The standard InChI is InChI=1S/C18H18N4O3/c23-18(15-4-3-5-17(12-15)22(24)25)20-19-13-14-6-8-16(9-7-14)21-10-1-2-11-21/h3-9,12-13H,1-2,10-11H2,(H,20,23)/b19-13-. The second-order valence-corrected chi connectivity index (χ2v) is 5.79. The summed E-state index contributed by atoms with van der Waals surface area (Å²) in [7, 11) is 0. The highest BCUT2D eigenvalue weighted by atomic mass is 16.6. The molecule has 0 bridgehead atoms. The zero-order chi connectivity index (χ0) is 17.6. The Hall–Kier alpha value is -3.22. The first-order valence-electron chi connectivity index (χ1n) is 8.06. The Kier molecular flexibility index (Phi) is 5.03. The molecule has 0 radical (unpaired) electrons. The van der Waals surface area contributed by atoms with Gasteiger partial charge < -0.3 is 4.90 Å². The van der Waals surface area contributed by atoms with Gasteiger partial charge in [-0.2, -0.15) is 5.10 Å². The van der Waals surface area contributed by atoms with Crippen LogP contribution in [0.2, 0.25) is 0 Å². The van der Waals surface area contributed by atoms with Crippen molar-refractivity contribution in [3.05, 3.63) is 69.8 Å². The highest BCUT2D eigenvalue weighted by molar-refractivity contribution is 5.95. The number of non-ortho nitro benzene ring substituents is 1. The summed E-state index contributed by atoms with van der Waals surface area (Å²) in [6.07, 6.45) is 4.00. The Morgan fingerprint density at radius 2 is 1.88 bits per heavy atom. The first kappa shape index (κ1) is 16.6. The molecule has 0 aromatic heterocycles. The predicted molar refractivity (Wildman–Crippen MR) is 96.0 cm³/mol. The van der Waals surface area contributed by atoms with Gasteiger partial charge in [0.2, 0.25) is 0 Å². The fraction of sp³-hybridized carbons (Fsp3) is 0.222. The first-order valence-corrected chi connectivity index (χ1v) is 8.06. The van der Waals surface area contributed by atoms with Crippen LogP contribution < -0.4 is 10.3 Å². The summed E-state index contributed by atoms with van der Waals surface area (Å²) in [5, 5.41) is 14.6. The van der Waals surface area contributed by atoms with Crippen LogP contribution in [0.1, 0.15) is 28.8 Å². The van der Waals surface area contributed by atoms with E-state index in [2.05, 4.69) is 15.4 Å². The minimum Gasteiger partial charge on any atom is -0.372 e. The number of hydrogen-bond donors (Lipinski definition) is 1. The summed E-state index contributed by atoms with van der Waals surface area (Å²) in [5.41, 5.74) is 4.49. The summed E-state index contributed by atoms with van der Waals surface area (Å²) < 4.78 is 0. The molecule has 1 N–H and O–H groups in total. The number of rotatable bonds is 5. The molecule has 0 atom stereocenters. The second-order valence-electron chi connectivity index (χ2n) is 5.79. The molecule has 0 spiro atoms. The van der Waals surface area contributed by atoms with Crippen LogP contribution in [0.25, 0.3) is 0 Å². The molecule has 128 valence electrons. The number of nitro groups is 1. The van der Waals surface area contributed by atoms with E-state index in [1.54, 1.807) is 6.21 Å². The molecule has 0 saturated carbocycles. The van der Waals surface area contributed by atoms with Gasteiger partial charge in [-0.05, 0) is 36.6 Å². The first-order chi connectivity index (χ1) is 12.1. The molecule has 1 aliphatic heterocycles. The number of hydrogen-bond acceptors (Lipinski definition) is 5. The minimum absolute atomic E-state index is 0.130. The van der Waals surface area contributed by atoms with Crippen LogP contribution in [0.3, 0.4) is 0 Å². The van der Waals surface area contributed by atoms with Crippen LogP contribution in [0.5, 0.6) is 0 Å². The third-order valence-corrected chi connectivity index (χ3v) is 4.06. The van der Waals surface area contributed by atoms with Crippen molar-refractivity contribution in [3.8, 4) is 0 Å². The van der Waals surface area contributed by atoms with E-state index >= 15 is 0 Å². The average molecular weight is 338 g/mol. The number of carbonyl (C=O) groups is 1. The number of benzene rings is 2. The number of hydrazone groups is 1. The normalized spacial score (nSPS) is 14.0. The van der Waals surface area contributed by atoms with E-state index in [1.807, 2.05) is 24.3 Å². The third kappa shape index (κ3) is 4.20. The topological polar surface area (TPSA) is 87.8 Å². The van der Waals surface area contributed by atoms with Gasteiger partial charge in [-0.3, -0.25) is 14.9 Å². The molecule has 7 nitrogen and oxygen atoms in total. The molecule has 7 heteroatoms. The van der Waals surface area contributed by atoms with Gasteiger partial charge >= 0.3 is 0 Å². The van der Waals surface area contributed by atoms with Gasteiger partial charge in [0.05, 0.1) is 11.1 Å². The molecule has 1 saturated heterocycles. The van der Waals surface area contributed by atoms with Crippen LogP contribution in [-0.2, 0) is 0 Å². The van der Waals surface area contributed by atoms with Crippen molar-refractivity contribution in [1.82, 2.24) is 5.43 Å². The Morgan fingerprint density at radius 1 is 1.16 bits per heavy atom. The Morgan fingerprint density at radius 3 is 2.56 bits per heavy atom. The monoisotopic (exact) mass is 338 g/mol. The summed E-state index contributed by atoms with van der Waals surface area (Å²) in [6, 6.07) is 13.5. The number of nitrogens with one attached hydrogen (secondary N) is 1. The van der Waals surface area contributed by atoms with Gasteiger partial charge in [-0.25, -0.2) is 5.43 Å². The van der Waals surface area contributed by atoms with Crippen molar-refractivity contribution >= 4 is 23.5 Å². The zero-order valence-electron chi connectivity index (χ0n) is 13.6. The molecule has 1 amide bonds. The van der Waals surface area contributed by atoms with Crippen LogP contribution in [0.4, 0.5) is 11.4 Å². The number of anilines is 1. The quantitative estimate of drug-likeness (QED) is 0.516. The lowest BCUT2D eigenvalue weighted by Gasteiger charge is -2.17. The van der Waals surface area contributed by atoms with Gasteiger partial charge in [0.15, 0.2) is 0 Å². The van der Waals surface area contributed by atoms with E-state index in [4.69, 9.17) is 0 Å². The summed E-state index contributed by atoms with van der Waals surface area (Å²) in [6.45, 7) is 2.18. The van der Waals surface area contributed by atoms with Gasteiger partial charge in [0, 0.05) is 36.5 Å². The molecule has 2 aromatic carbocycles. The molecular formula is C18H18N4O3. The summed E-state index contributed by atoms with van der Waals surface area (Å²) in [5.74, 6) is -0.492. The number of amides is 1. The number of nitro benzene ring substituents is 1. The van der Waals surface area contributed by atoms with E-state index < -0.39 is 10.8 Å². The predicted octanol–water partition coefficient (Wildman–Crippen LogP) is 2.96. The van der Waals surface area contributed by atoms with E-state index in [0.717, 1.165) is 18.7 Å². The fourth-order valence-electron chi connectivity index (χ4n) is 2.74. The molecule has 0 unspecified atom stereocenters. The maximum Gasteiger partial charge on any atom is 0.271 e. The lowest BCUT2D eigenvalue weighted by molar-refractivity contribution is -0.384. The van der Waals surface area contributed by atoms with Crippen LogP contribution >= 0.6 is 0 Å². The van der Waals surface area contributed by atoms with Crippen molar-refractivity contribution in [3.63, 3.8) is 0 Å². The van der Waals surface area contributed by atoms with Crippen molar-refractivity contribution in [1.29, 1.82) is 0 Å². The van der Waals surface area contributed by atoms with E-state index in [0.29, 0.717) is 0 Å². The maximum absolute atomic E-state index is 12.0. The van der Waals surface area contributed by atoms with Crippen LogP contribution in [-0.4, -0.2) is 30.1 Å². The van der Waals surface area contributed by atoms with Crippen molar-refractivity contribution < 1.29 is 9.72 Å². The molecule has 25 heavy (non-hydrogen) atoms. The highest BCUT2D eigenvalue weighted by Gasteiger charge is 2.12. The average Bonchev–Trinajstić information content (AvgIpc) is 3.17. The fourth-order valence-corrected chi connectivity index (χ4v) is 2.74. The Labute approximate surface area is 145 Å². The van der Waals surface area contributed by atoms with Gasteiger partial charge in [-0.15, -0.1) is 0 Å². The zero-order valence-corrected chi connectivity index (χ0v) is 13.6. The van der Waals surface area contributed by atoms with Crippen LogP contribution in [0, 0.1) is 10.1 Å². The van der Waals surface area contributed by atoms with Gasteiger partial charge in [-0.1, -0.05) is 18.2 Å². The summed E-state index contributed by atoms with van der Waals surface area (Å²) in [4.78, 5) is 24.5. The second kappa shape index (κ2) is 7.57. The Bertz CT molecular complexity index is 796. The van der Waals surface area contributed by atoms with Gasteiger partial charge in [0.25, 0.3) is 11.6 Å². The Balaban J connectivity index is 1.59. The minimum atomic E-state index is -0.540. The van der Waals surface area contributed by atoms with E-state index in [1.165, 1.54) is 42.8 Å². The van der Waals surface area contributed by atoms with E-state index in [9.17, 15) is 14.9 Å². The lowest BCUT2D eigenvalue weighted by Crippen LogP contribution is -2.18. The van der Waals surface area contributed by atoms with E-state index in [-0.39, 0.29) is 11.3 Å². The maximum atomic E-state index is 12.0. The molecule has 3 rings (SSSR count). The summed E-state index contributed by atoms with van der Waals surface area (Å²) >= 11 is 0. The smallest absolute Gasteiger partial charge is 0.271 e. The lowest BCUT2D eigenvalue weighted by atomic mass is 10.2. The molecule has 1 aliphatic rings. The highest BCUT2D eigenvalue weighted by Crippen LogP contribution is 2.20. The molecule has 1 heterocycles. The largest absolute Gasteiger partial charge is 0.372 e. The molecule has 0 aliphatic carbocycles. The molecular weight excluding hydrogens is 320 g/mol.